The number of nitrogens with one attached hydrogen (secondary N) is 1. The Morgan fingerprint density at radius 2 is 2.27 bits per heavy atom. The molecule has 2 heteroatoms. The van der Waals surface area contributed by atoms with Crippen molar-refractivity contribution in [1.82, 2.24) is 10.3 Å². The van der Waals surface area contributed by atoms with E-state index in [1.807, 2.05) is 12.3 Å². The molecule has 1 aromatic rings. The minimum absolute atomic E-state index is 0.566. The van der Waals surface area contributed by atoms with Gasteiger partial charge in [0.15, 0.2) is 0 Å². The Bertz CT molecular complexity index is 266. The molecule has 1 saturated heterocycles. The number of fused-ring (bicyclic) bond motifs is 5. The normalized spacial score (nSPS) is 32.4. The molecule has 2 atom stereocenters. The first-order valence-corrected chi connectivity index (χ1v) is 4.16. The van der Waals surface area contributed by atoms with Crippen LogP contribution >= 0.6 is 0 Å². The molecule has 0 amide bonds. The summed E-state index contributed by atoms with van der Waals surface area (Å²) in [5.41, 5.74) is 2.73. The molecule has 0 radical (unpaired) electrons. The average Bonchev–Trinajstić information content (AvgIpc) is 2.64. The Morgan fingerprint density at radius 1 is 1.36 bits per heavy atom. The molecule has 0 unspecified atom stereocenters. The summed E-state index contributed by atoms with van der Waals surface area (Å²) >= 11 is 0. The fourth-order valence-electron chi connectivity index (χ4n) is 2.22. The number of aromatic nitrogens is 1. The maximum absolute atomic E-state index is 4.38. The van der Waals surface area contributed by atoms with E-state index in [0.29, 0.717) is 12.1 Å². The van der Waals surface area contributed by atoms with Crippen LogP contribution < -0.4 is 5.32 Å². The molecule has 2 aliphatic rings. The van der Waals surface area contributed by atoms with Gasteiger partial charge in [-0.2, -0.15) is 0 Å². The summed E-state index contributed by atoms with van der Waals surface area (Å²) in [6, 6.07) is 5.40. The summed E-state index contributed by atoms with van der Waals surface area (Å²) in [6.07, 6.45) is 4.46. The standard InChI is InChI=1S/C9H10N2/c1-2-6-7-3-4-8(11-7)9(6)10-5-1/h1-2,5,7-8,11H,3-4H2/t7-,8-/m0/s1. The van der Waals surface area contributed by atoms with Crippen molar-refractivity contribution in [3.8, 4) is 0 Å². The lowest BCUT2D eigenvalue weighted by Gasteiger charge is -2.09. The molecule has 2 bridgehead atoms. The van der Waals surface area contributed by atoms with Crippen molar-refractivity contribution in [2.75, 3.05) is 0 Å². The van der Waals surface area contributed by atoms with E-state index in [0.717, 1.165) is 0 Å². The van der Waals surface area contributed by atoms with Crippen molar-refractivity contribution in [3.63, 3.8) is 0 Å². The van der Waals surface area contributed by atoms with E-state index in [9.17, 15) is 0 Å². The van der Waals surface area contributed by atoms with Gasteiger partial charge < -0.3 is 5.32 Å². The first kappa shape index (κ1) is 5.72. The lowest BCUT2D eigenvalue weighted by atomic mass is 9.96. The predicted molar refractivity (Wildman–Crippen MR) is 42.1 cm³/mol. The van der Waals surface area contributed by atoms with Gasteiger partial charge in [0.05, 0.1) is 11.7 Å². The summed E-state index contributed by atoms with van der Waals surface area (Å²) in [6.45, 7) is 0. The van der Waals surface area contributed by atoms with Gasteiger partial charge in [0.25, 0.3) is 0 Å². The van der Waals surface area contributed by atoms with E-state index in [1.165, 1.54) is 24.1 Å². The third kappa shape index (κ3) is 0.627. The molecule has 1 N–H and O–H groups in total. The van der Waals surface area contributed by atoms with Crippen LogP contribution in [0.2, 0.25) is 0 Å². The highest BCUT2D eigenvalue weighted by Crippen LogP contribution is 2.43. The molecule has 0 saturated carbocycles. The van der Waals surface area contributed by atoms with E-state index in [4.69, 9.17) is 0 Å². The highest BCUT2D eigenvalue weighted by atomic mass is 15.0. The summed E-state index contributed by atoms with van der Waals surface area (Å²) < 4.78 is 0. The predicted octanol–water partition coefficient (Wildman–Crippen LogP) is 1.56. The van der Waals surface area contributed by atoms with E-state index in [-0.39, 0.29) is 0 Å². The van der Waals surface area contributed by atoms with Crippen molar-refractivity contribution in [2.45, 2.75) is 24.9 Å². The number of hydrogen-bond acceptors (Lipinski definition) is 2. The summed E-state index contributed by atoms with van der Waals surface area (Å²) in [4.78, 5) is 4.38. The van der Waals surface area contributed by atoms with Gasteiger partial charge >= 0.3 is 0 Å². The number of rotatable bonds is 0. The molecule has 3 rings (SSSR count). The van der Waals surface area contributed by atoms with Crippen LogP contribution in [-0.4, -0.2) is 4.98 Å². The fourth-order valence-corrected chi connectivity index (χ4v) is 2.22. The van der Waals surface area contributed by atoms with Crippen molar-refractivity contribution < 1.29 is 0 Å². The van der Waals surface area contributed by atoms with Gasteiger partial charge in [-0.05, 0) is 24.5 Å². The van der Waals surface area contributed by atoms with Gasteiger partial charge in [0, 0.05) is 12.2 Å². The molecule has 0 aromatic carbocycles. The van der Waals surface area contributed by atoms with Crippen molar-refractivity contribution in [1.29, 1.82) is 0 Å². The van der Waals surface area contributed by atoms with Crippen LogP contribution in [-0.2, 0) is 0 Å². The van der Waals surface area contributed by atoms with Gasteiger partial charge in [-0.1, -0.05) is 6.07 Å². The quantitative estimate of drug-likeness (QED) is 0.600. The van der Waals surface area contributed by atoms with Gasteiger partial charge in [-0.3, -0.25) is 4.98 Å². The van der Waals surface area contributed by atoms with E-state index < -0.39 is 0 Å². The van der Waals surface area contributed by atoms with Crippen LogP contribution in [0.15, 0.2) is 18.3 Å². The topological polar surface area (TPSA) is 24.9 Å². The van der Waals surface area contributed by atoms with Gasteiger partial charge in [0.1, 0.15) is 0 Å². The summed E-state index contributed by atoms with van der Waals surface area (Å²) in [5.74, 6) is 0. The molecule has 56 valence electrons. The minimum atomic E-state index is 0.566. The smallest absolute Gasteiger partial charge is 0.0621 e. The summed E-state index contributed by atoms with van der Waals surface area (Å²) in [7, 11) is 0. The summed E-state index contributed by atoms with van der Waals surface area (Å²) in [5, 5.41) is 3.53. The SMILES string of the molecule is c1cnc2c(c1)[C@@H]1CC[C@@H]2N1. The van der Waals surface area contributed by atoms with Crippen LogP contribution in [0.4, 0.5) is 0 Å². The van der Waals surface area contributed by atoms with E-state index in [2.05, 4.69) is 16.4 Å². The molecule has 0 aliphatic carbocycles. The Morgan fingerprint density at radius 3 is 3.18 bits per heavy atom. The van der Waals surface area contributed by atoms with Crippen molar-refractivity contribution in [2.24, 2.45) is 0 Å². The molecular weight excluding hydrogens is 136 g/mol. The zero-order chi connectivity index (χ0) is 7.26. The molecule has 1 aromatic heterocycles. The highest BCUT2D eigenvalue weighted by molar-refractivity contribution is 5.34. The first-order chi connectivity index (χ1) is 5.45. The second-order valence-electron chi connectivity index (χ2n) is 3.33. The van der Waals surface area contributed by atoms with E-state index >= 15 is 0 Å². The maximum Gasteiger partial charge on any atom is 0.0621 e. The molecule has 0 spiro atoms. The second kappa shape index (κ2) is 1.83. The third-order valence-electron chi connectivity index (χ3n) is 2.72. The van der Waals surface area contributed by atoms with Gasteiger partial charge in [-0.25, -0.2) is 0 Å². The molecule has 2 nitrogen and oxygen atoms in total. The minimum Gasteiger partial charge on any atom is -0.302 e. The fraction of sp³-hybridized carbons (Fsp3) is 0.444. The first-order valence-electron chi connectivity index (χ1n) is 4.16. The Kier molecular flexibility index (Phi) is 0.950. The van der Waals surface area contributed by atoms with E-state index in [1.54, 1.807) is 0 Å². The molecule has 2 aliphatic heterocycles. The van der Waals surface area contributed by atoms with Gasteiger partial charge in [-0.15, -0.1) is 0 Å². The van der Waals surface area contributed by atoms with Crippen molar-refractivity contribution in [3.05, 3.63) is 29.6 Å². The lowest BCUT2D eigenvalue weighted by Crippen LogP contribution is -2.06. The zero-order valence-electron chi connectivity index (χ0n) is 6.25. The monoisotopic (exact) mass is 146 g/mol. The molecule has 11 heavy (non-hydrogen) atoms. The highest BCUT2D eigenvalue weighted by Gasteiger charge is 2.36. The third-order valence-corrected chi connectivity index (χ3v) is 2.72. The van der Waals surface area contributed by atoms with Crippen molar-refractivity contribution >= 4 is 0 Å². The van der Waals surface area contributed by atoms with Gasteiger partial charge in [0.2, 0.25) is 0 Å². The van der Waals surface area contributed by atoms with Crippen LogP contribution in [0.3, 0.4) is 0 Å². The largest absolute Gasteiger partial charge is 0.302 e. The Labute approximate surface area is 65.6 Å². The molecular formula is C9H10N2. The average molecular weight is 146 g/mol. The van der Waals surface area contributed by atoms with Crippen LogP contribution in [0, 0.1) is 0 Å². The molecule has 3 heterocycles. The number of pyridine rings is 1. The lowest BCUT2D eigenvalue weighted by molar-refractivity contribution is 0.632. The van der Waals surface area contributed by atoms with Crippen LogP contribution in [0.1, 0.15) is 36.2 Å². The number of hydrogen-bond donors (Lipinski definition) is 1. The Hall–Kier alpha value is -0.890. The van der Waals surface area contributed by atoms with Crippen LogP contribution in [0.25, 0.3) is 0 Å². The molecule has 1 fully saturated rings. The second-order valence-corrected chi connectivity index (χ2v) is 3.33. The van der Waals surface area contributed by atoms with Crippen LogP contribution in [0.5, 0.6) is 0 Å². The Balaban J connectivity index is 2.23. The maximum atomic E-state index is 4.38. The zero-order valence-corrected chi connectivity index (χ0v) is 6.25. The number of nitrogens with zero attached hydrogens (tertiary/aromatic N) is 1.